The zero-order chi connectivity index (χ0) is 24.8. The second kappa shape index (κ2) is 8.49. The number of primary amides is 1. The minimum absolute atomic E-state index is 0.108. The quantitative estimate of drug-likeness (QED) is 0.379. The number of carbonyl (C=O) groups is 2. The number of hydrogen-bond donors (Lipinski definition) is 4. The normalized spacial score (nSPS) is 16.4. The van der Waals surface area contributed by atoms with Gasteiger partial charge >= 0.3 is 12.3 Å². The van der Waals surface area contributed by atoms with Crippen molar-refractivity contribution in [2.75, 3.05) is 28.7 Å². The molecule has 3 aromatic rings. The van der Waals surface area contributed by atoms with Crippen LogP contribution < -0.4 is 25.6 Å². The number of thiazole rings is 1. The predicted octanol–water partition coefficient (Wildman–Crippen LogP) is 1.79. The van der Waals surface area contributed by atoms with Crippen LogP contribution in [0.3, 0.4) is 0 Å². The first-order valence-corrected chi connectivity index (χ1v) is 10.4. The molecule has 2 unspecified atom stereocenters. The van der Waals surface area contributed by atoms with Crippen molar-refractivity contribution >= 4 is 50.1 Å². The second-order valence-electron chi connectivity index (χ2n) is 7.27. The number of nitrogens with one attached hydrogen (secondary N) is 1. The molecule has 2 aromatic heterocycles. The third-order valence-corrected chi connectivity index (χ3v) is 5.89. The van der Waals surface area contributed by atoms with Crippen LogP contribution in [-0.2, 0) is 4.79 Å². The molecule has 1 aliphatic rings. The lowest BCUT2D eigenvalue weighted by atomic mass is 10.2. The smallest absolute Gasteiger partial charge is 0.478 e. The number of β-amino-alcohol motifs (C(OH)–C–C–N with tert-alkyl or cyclic N) is 1. The SMILES string of the molecule is CN1c2ncc(C(=O)O)cc2N(CC(O)C(N)=O)C1Nc1nc2ccc(OC(F)(F)F)cc2s1. The fourth-order valence-electron chi connectivity index (χ4n) is 3.43. The van der Waals surface area contributed by atoms with E-state index in [0.29, 0.717) is 26.9 Å². The molecule has 2 atom stereocenters. The Hall–Kier alpha value is -3.85. The highest BCUT2D eigenvalue weighted by Crippen LogP contribution is 2.39. The Balaban J connectivity index is 1.66. The minimum Gasteiger partial charge on any atom is -0.478 e. The van der Waals surface area contributed by atoms with Crippen LogP contribution in [0.15, 0.2) is 30.5 Å². The number of amides is 1. The van der Waals surface area contributed by atoms with E-state index in [1.54, 1.807) is 11.9 Å². The zero-order valence-electron chi connectivity index (χ0n) is 17.3. The van der Waals surface area contributed by atoms with Gasteiger partial charge in [0.2, 0.25) is 5.91 Å². The Morgan fingerprint density at radius 1 is 1.35 bits per heavy atom. The molecular formula is C19H17F3N6O5S. The van der Waals surface area contributed by atoms with Crippen molar-refractivity contribution in [3.63, 3.8) is 0 Å². The Labute approximate surface area is 193 Å². The molecule has 0 radical (unpaired) electrons. The number of alkyl halides is 3. The predicted molar refractivity (Wildman–Crippen MR) is 116 cm³/mol. The van der Waals surface area contributed by atoms with Crippen molar-refractivity contribution in [3.05, 3.63) is 36.0 Å². The van der Waals surface area contributed by atoms with Crippen LogP contribution in [0.4, 0.5) is 29.8 Å². The number of nitrogens with two attached hydrogens (primary N) is 1. The number of aliphatic hydroxyl groups is 1. The molecule has 34 heavy (non-hydrogen) atoms. The highest BCUT2D eigenvalue weighted by atomic mass is 32.1. The fourth-order valence-corrected chi connectivity index (χ4v) is 4.34. The Bertz CT molecular complexity index is 1270. The number of carboxylic acid groups (broad SMARTS) is 1. The van der Waals surface area contributed by atoms with Crippen LogP contribution in [0.1, 0.15) is 10.4 Å². The fraction of sp³-hybridized carbons (Fsp3) is 0.263. The molecule has 0 aliphatic carbocycles. The number of halogens is 3. The van der Waals surface area contributed by atoms with E-state index in [2.05, 4.69) is 20.0 Å². The molecule has 1 amide bonds. The average molecular weight is 498 g/mol. The number of hydrogen-bond acceptors (Lipinski definition) is 10. The molecule has 0 saturated heterocycles. The number of fused-ring (bicyclic) bond motifs is 2. The summed E-state index contributed by atoms with van der Waals surface area (Å²) < 4.78 is 41.9. The van der Waals surface area contributed by atoms with Gasteiger partial charge in [0.1, 0.15) is 11.9 Å². The van der Waals surface area contributed by atoms with Gasteiger partial charge in [-0.15, -0.1) is 13.2 Å². The van der Waals surface area contributed by atoms with Crippen molar-refractivity contribution in [2.24, 2.45) is 5.73 Å². The van der Waals surface area contributed by atoms with Gasteiger partial charge in [0.15, 0.2) is 17.2 Å². The molecule has 5 N–H and O–H groups in total. The molecule has 0 bridgehead atoms. The van der Waals surface area contributed by atoms with Gasteiger partial charge < -0.3 is 35.8 Å². The van der Waals surface area contributed by atoms with E-state index in [1.165, 1.54) is 29.3 Å². The first kappa shape index (κ1) is 23.3. The molecule has 3 heterocycles. The summed E-state index contributed by atoms with van der Waals surface area (Å²) in [5, 5.41) is 22.8. The van der Waals surface area contributed by atoms with Crippen LogP contribution in [0, 0.1) is 0 Å². The van der Waals surface area contributed by atoms with Gasteiger partial charge in [0.25, 0.3) is 0 Å². The van der Waals surface area contributed by atoms with E-state index in [0.717, 1.165) is 17.4 Å². The third-order valence-electron chi connectivity index (χ3n) is 4.94. The summed E-state index contributed by atoms with van der Waals surface area (Å²) in [4.78, 5) is 34.5. The van der Waals surface area contributed by atoms with Gasteiger partial charge in [-0.2, -0.15) is 0 Å². The van der Waals surface area contributed by atoms with E-state index in [4.69, 9.17) is 5.73 Å². The molecule has 1 aromatic carbocycles. The number of pyridine rings is 1. The summed E-state index contributed by atoms with van der Waals surface area (Å²) >= 11 is 1.05. The summed E-state index contributed by atoms with van der Waals surface area (Å²) in [5.74, 6) is -2.22. The van der Waals surface area contributed by atoms with Crippen LogP contribution in [0.2, 0.25) is 0 Å². The summed E-state index contributed by atoms with van der Waals surface area (Å²) in [6, 6.07) is 5.06. The van der Waals surface area contributed by atoms with E-state index < -0.39 is 36.4 Å². The van der Waals surface area contributed by atoms with E-state index in [1.807, 2.05) is 0 Å². The number of carboxylic acids is 1. The van der Waals surface area contributed by atoms with Gasteiger partial charge in [-0.05, 0) is 18.2 Å². The molecular weight excluding hydrogens is 481 g/mol. The molecule has 11 nitrogen and oxygen atoms in total. The number of carbonyl (C=O) groups excluding carboxylic acids is 1. The lowest BCUT2D eigenvalue weighted by molar-refractivity contribution is -0.274. The number of rotatable bonds is 7. The first-order chi connectivity index (χ1) is 15.9. The minimum atomic E-state index is -4.83. The third kappa shape index (κ3) is 4.60. The van der Waals surface area contributed by atoms with Gasteiger partial charge in [-0.25, -0.2) is 14.8 Å². The molecule has 0 saturated carbocycles. The lowest BCUT2D eigenvalue weighted by Crippen LogP contribution is -2.51. The van der Waals surface area contributed by atoms with Crippen LogP contribution >= 0.6 is 11.3 Å². The molecule has 180 valence electrons. The molecule has 1 aliphatic heterocycles. The monoisotopic (exact) mass is 498 g/mol. The summed E-state index contributed by atoms with van der Waals surface area (Å²) in [6.07, 6.45) is -6.02. The Morgan fingerprint density at radius 3 is 2.74 bits per heavy atom. The zero-order valence-corrected chi connectivity index (χ0v) is 18.1. The molecule has 0 spiro atoms. The van der Waals surface area contributed by atoms with Crippen molar-refractivity contribution < 1.29 is 37.7 Å². The van der Waals surface area contributed by atoms with E-state index in [-0.39, 0.29) is 12.1 Å². The molecule has 0 fully saturated rings. The number of anilines is 3. The summed E-state index contributed by atoms with van der Waals surface area (Å²) in [6.45, 7) is -0.288. The van der Waals surface area contributed by atoms with Crippen molar-refractivity contribution in [1.29, 1.82) is 0 Å². The van der Waals surface area contributed by atoms with Crippen molar-refractivity contribution in [1.82, 2.24) is 9.97 Å². The second-order valence-corrected chi connectivity index (χ2v) is 8.30. The summed E-state index contributed by atoms with van der Waals surface area (Å²) in [7, 11) is 1.64. The number of aromatic carboxylic acids is 1. The van der Waals surface area contributed by atoms with Gasteiger partial charge in [0, 0.05) is 19.3 Å². The Morgan fingerprint density at radius 2 is 2.09 bits per heavy atom. The summed E-state index contributed by atoms with van der Waals surface area (Å²) in [5.41, 5.74) is 5.82. The Kier molecular flexibility index (Phi) is 5.82. The number of ether oxygens (including phenoxy) is 1. The van der Waals surface area contributed by atoms with Gasteiger partial charge in [-0.3, -0.25) is 4.79 Å². The van der Waals surface area contributed by atoms with Gasteiger partial charge in [-0.1, -0.05) is 11.3 Å². The number of nitrogens with zero attached hydrogens (tertiary/aromatic N) is 4. The highest BCUT2D eigenvalue weighted by molar-refractivity contribution is 7.22. The maximum Gasteiger partial charge on any atom is 0.573 e. The van der Waals surface area contributed by atoms with E-state index in [9.17, 15) is 33.0 Å². The number of aromatic nitrogens is 2. The standard InChI is InChI=1S/C19H17F3N6O5S/c1-27-15-11(4-8(6-24-15)16(31)32)28(7-12(29)14(23)30)18(27)26-17-25-10-3-2-9(5-13(10)34-17)33-19(20,21)22/h2-6,12,18,29H,7H2,1H3,(H2,23,30)(H,25,26)(H,31,32). The molecule has 15 heteroatoms. The largest absolute Gasteiger partial charge is 0.573 e. The molecule has 4 rings (SSSR count). The highest BCUT2D eigenvalue weighted by Gasteiger charge is 2.38. The lowest BCUT2D eigenvalue weighted by Gasteiger charge is -2.31. The number of aliphatic hydroxyl groups excluding tert-OH is 1. The van der Waals surface area contributed by atoms with Crippen molar-refractivity contribution in [2.45, 2.75) is 18.8 Å². The number of benzene rings is 1. The average Bonchev–Trinajstić information content (AvgIpc) is 3.25. The van der Waals surface area contributed by atoms with Gasteiger partial charge in [0.05, 0.1) is 28.0 Å². The van der Waals surface area contributed by atoms with E-state index >= 15 is 0 Å². The topological polar surface area (TPSA) is 154 Å². The maximum absolute atomic E-state index is 12.5. The first-order valence-electron chi connectivity index (χ1n) is 9.56. The maximum atomic E-state index is 12.5. The van der Waals surface area contributed by atoms with Crippen LogP contribution in [0.25, 0.3) is 10.2 Å². The van der Waals surface area contributed by atoms with Crippen molar-refractivity contribution in [3.8, 4) is 5.75 Å². The van der Waals surface area contributed by atoms with Crippen LogP contribution in [0.5, 0.6) is 5.75 Å². The van der Waals surface area contributed by atoms with Crippen LogP contribution in [-0.4, -0.2) is 64.4 Å².